The van der Waals surface area contributed by atoms with Crippen molar-refractivity contribution < 1.29 is 19.5 Å². The monoisotopic (exact) mass is 263 g/mol. The minimum atomic E-state index is 0. The van der Waals surface area contributed by atoms with Crippen molar-refractivity contribution in [3.8, 4) is 0 Å². The van der Waals surface area contributed by atoms with Crippen LogP contribution in [0.25, 0.3) is 0 Å². The van der Waals surface area contributed by atoms with E-state index in [9.17, 15) is 0 Å². The number of hydrogen-bond acceptors (Lipinski definition) is 2. The van der Waals surface area contributed by atoms with Gasteiger partial charge in [0.25, 0.3) is 0 Å². The van der Waals surface area contributed by atoms with Gasteiger partial charge in [-0.1, -0.05) is 36.0 Å². The van der Waals surface area contributed by atoms with Gasteiger partial charge in [0.1, 0.15) is 0 Å². The molecule has 0 saturated carbocycles. The van der Waals surface area contributed by atoms with Gasteiger partial charge in [-0.2, -0.15) is 0 Å². The first-order valence-corrected chi connectivity index (χ1v) is 5.38. The molecule has 0 aromatic heterocycles. The Hall–Kier alpha value is -0.787. The van der Waals surface area contributed by atoms with Crippen LogP contribution in [0.1, 0.15) is 0 Å². The summed E-state index contributed by atoms with van der Waals surface area (Å²) >= 11 is 1.82. The van der Waals surface area contributed by atoms with Crippen molar-refractivity contribution in [3.63, 3.8) is 0 Å². The van der Waals surface area contributed by atoms with Crippen LogP contribution in [0.4, 0.5) is 11.4 Å². The van der Waals surface area contributed by atoms with Gasteiger partial charge >= 0.3 is 0 Å². The summed E-state index contributed by atoms with van der Waals surface area (Å²) in [5.74, 6) is 0. The zero-order chi connectivity index (χ0) is 9.38. The normalized spacial score (nSPS) is 11.7. The van der Waals surface area contributed by atoms with Gasteiger partial charge in [-0.25, -0.2) is 0 Å². The van der Waals surface area contributed by atoms with Crippen LogP contribution in [-0.4, -0.2) is 0 Å². The molecule has 1 nitrogen and oxygen atoms in total. The Balaban J connectivity index is 0.000000853. The van der Waals surface area contributed by atoms with Crippen LogP contribution >= 0.6 is 11.8 Å². The molecule has 0 bridgehead atoms. The number of hydrogen-bond donors (Lipinski definition) is 1. The zero-order valence-electron chi connectivity index (χ0n) is 8.23. The van der Waals surface area contributed by atoms with E-state index in [2.05, 4.69) is 53.8 Å². The van der Waals surface area contributed by atoms with Crippen LogP contribution in [0.15, 0.2) is 58.3 Å². The molecule has 0 amide bonds. The van der Waals surface area contributed by atoms with Gasteiger partial charge in [-0.05, 0) is 24.3 Å². The summed E-state index contributed by atoms with van der Waals surface area (Å²) in [4.78, 5) is 2.59. The maximum Gasteiger partial charge on any atom is 0.0526 e. The third kappa shape index (κ3) is 1.95. The third-order valence-corrected chi connectivity index (χ3v) is 3.42. The third-order valence-electron chi connectivity index (χ3n) is 2.26. The van der Waals surface area contributed by atoms with Gasteiger partial charge < -0.3 is 5.32 Å². The fourth-order valence-corrected chi connectivity index (χ4v) is 2.57. The summed E-state index contributed by atoms with van der Waals surface area (Å²) in [7, 11) is 0. The summed E-state index contributed by atoms with van der Waals surface area (Å²) < 4.78 is 0. The summed E-state index contributed by atoms with van der Waals surface area (Å²) in [6, 6.07) is 16.8. The predicted molar refractivity (Wildman–Crippen MR) is 60.3 cm³/mol. The molecule has 0 atom stereocenters. The first-order valence-electron chi connectivity index (χ1n) is 4.56. The molecule has 2 aromatic rings. The van der Waals surface area contributed by atoms with Crippen molar-refractivity contribution in [1.29, 1.82) is 0 Å². The van der Waals surface area contributed by atoms with Gasteiger partial charge in [0, 0.05) is 29.3 Å². The molecule has 1 N–H and O–H groups in total. The number of benzene rings is 2. The van der Waals surface area contributed by atoms with Crippen LogP contribution in [0, 0.1) is 0 Å². The fraction of sp³-hybridized carbons (Fsp3) is 0. The van der Waals surface area contributed by atoms with E-state index in [1.54, 1.807) is 0 Å². The molecule has 0 spiro atoms. The average Bonchev–Trinajstić information content (AvgIpc) is 2.26. The van der Waals surface area contributed by atoms with E-state index in [1.807, 2.05) is 11.8 Å². The van der Waals surface area contributed by atoms with E-state index < -0.39 is 0 Å². The molecular weight excluding hydrogens is 256 g/mol. The standard InChI is InChI=1S/C12H9NS.Zn/c1-3-7-11-9(5-1)13-10-6-2-4-8-12(10)14-11;/h1-8,13H;. The van der Waals surface area contributed by atoms with Crippen molar-refractivity contribution in [1.82, 2.24) is 0 Å². The molecule has 0 fully saturated rings. The van der Waals surface area contributed by atoms with Gasteiger partial charge in [0.05, 0.1) is 11.4 Å². The quantitative estimate of drug-likeness (QED) is 0.618. The minimum Gasteiger partial charge on any atom is -0.354 e. The van der Waals surface area contributed by atoms with Crippen molar-refractivity contribution in [2.75, 3.05) is 5.32 Å². The van der Waals surface area contributed by atoms with Crippen molar-refractivity contribution in [2.45, 2.75) is 9.79 Å². The molecule has 3 rings (SSSR count). The Morgan fingerprint density at radius 2 is 1.20 bits per heavy atom. The van der Waals surface area contributed by atoms with Gasteiger partial charge in [0.15, 0.2) is 0 Å². The fourth-order valence-electron chi connectivity index (χ4n) is 1.58. The first-order chi connectivity index (χ1) is 6.93. The summed E-state index contributed by atoms with van der Waals surface area (Å²) in [6.45, 7) is 0. The number of rotatable bonds is 0. The topological polar surface area (TPSA) is 12.0 Å². The summed E-state index contributed by atoms with van der Waals surface area (Å²) in [5.41, 5.74) is 2.41. The average molecular weight is 265 g/mol. The predicted octanol–water partition coefficient (Wildman–Crippen LogP) is 3.89. The van der Waals surface area contributed by atoms with E-state index in [4.69, 9.17) is 0 Å². The second-order valence-corrected chi connectivity index (χ2v) is 4.30. The van der Waals surface area contributed by atoms with Gasteiger partial charge in [-0.3, -0.25) is 0 Å². The molecule has 1 heterocycles. The molecule has 0 unspecified atom stereocenters. The molecule has 3 heteroatoms. The Bertz CT molecular complexity index is 397. The van der Waals surface area contributed by atoms with Crippen LogP contribution in [0.5, 0.6) is 0 Å². The zero-order valence-corrected chi connectivity index (χ0v) is 12.0. The maximum absolute atomic E-state index is 3.42. The van der Waals surface area contributed by atoms with Gasteiger partial charge in [-0.15, -0.1) is 0 Å². The van der Waals surface area contributed by atoms with E-state index in [0.717, 1.165) is 0 Å². The second kappa shape index (κ2) is 4.38. The number of nitrogens with one attached hydrogen (secondary N) is 1. The summed E-state index contributed by atoms with van der Waals surface area (Å²) in [5, 5.41) is 3.42. The largest absolute Gasteiger partial charge is 0.354 e. The SMILES string of the molecule is [Zn].c1ccc2c(c1)Nc1ccccc1S2. The number of anilines is 2. The maximum atomic E-state index is 3.42. The second-order valence-electron chi connectivity index (χ2n) is 3.22. The molecular formula is C12H9NSZn. The molecule has 0 saturated heterocycles. The smallest absolute Gasteiger partial charge is 0.0526 e. The van der Waals surface area contributed by atoms with Crippen LogP contribution in [0.3, 0.4) is 0 Å². The van der Waals surface area contributed by atoms with E-state index >= 15 is 0 Å². The summed E-state index contributed by atoms with van der Waals surface area (Å²) in [6.07, 6.45) is 0. The molecule has 70 valence electrons. The van der Waals surface area contributed by atoms with Crippen LogP contribution in [-0.2, 0) is 19.5 Å². The van der Waals surface area contributed by atoms with Gasteiger partial charge in [0.2, 0.25) is 0 Å². The molecule has 2 aromatic carbocycles. The van der Waals surface area contributed by atoms with E-state index in [-0.39, 0.29) is 19.5 Å². The number of fused-ring (bicyclic) bond motifs is 2. The van der Waals surface area contributed by atoms with Crippen LogP contribution in [0.2, 0.25) is 0 Å². The molecule has 0 radical (unpaired) electrons. The Morgan fingerprint density at radius 3 is 1.73 bits per heavy atom. The van der Waals surface area contributed by atoms with Crippen LogP contribution < -0.4 is 5.32 Å². The molecule has 15 heavy (non-hydrogen) atoms. The van der Waals surface area contributed by atoms with E-state index in [1.165, 1.54) is 21.2 Å². The Labute approximate surface area is 106 Å². The first kappa shape index (κ1) is 10.7. The molecule has 1 aliphatic rings. The van der Waals surface area contributed by atoms with Crippen molar-refractivity contribution in [3.05, 3.63) is 48.5 Å². The molecule has 1 aliphatic heterocycles. The molecule has 0 aliphatic carbocycles. The van der Waals surface area contributed by atoms with E-state index in [0.29, 0.717) is 0 Å². The Morgan fingerprint density at radius 1 is 0.733 bits per heavy atom. The minimum absolute atomic E-state index is 0. The number of para-hydroxylation sites is 2. The van der Waals surface area contributed by atoms with Crippen molar-refractivity contribution >= 4 is 23.1 Å². The van der Waals surface area contributed by atoms with Crippen molar-refractivity contribution in [2.24, 2.45) is 0 Å². The Kier molecular flexibility index (Phi) is 3.13.